The minimum Gasteiger partial charge on any atom is -0.497 e. The van der Waals surface area contributed by atoms with Crippen LogP contribution in [0.2, 0.25) is 0 Å². The van der Waals surface area contributed by atoms with E-state index in [2.05, 4.69) is 0 Å². The molecule has 2 aromatic rings. The van der Waals surface area contributed by atoms with Gasteiger partial charge in [0.1, 0.15) is 12.4 Å². The molecule has 5 nitrogen and oxygen atoms in total. The predicted molar refractivity (Wildman–Crippen MR) is 79.1 cm³/mol. The average molecular weight is 300 g/mol. The van der Waals surface area contributed by atoms with Crippen molar-refractivity contribution in [3.05, 3.63) is 65.7 Å². The normalized spacial score (nSPS) is 11.3. The maximum atomic E-state index is 12.1. The molecule has 1 unspecified atom stereocenters. The van der Waals surface area contributed by atoms with Crippen molar-refractivity contribution in [3.63, 3.8) is 0 Å². The number of methoxy groups -OCH3 is 1. The molecule has 2 aromatic carbocycles. The first kappa shape index (κ1) is 15.6. The first-order valence-corrected chi connectivity index (χ1v) is 6.68. The molecule has 0 aliphatic carbocycles. The Morgan fingerprint density at radius 3 is 2.36 bits per heavy atom. The van der Waals surface area contributed by atoms with E-state index >= 15 is 0 Å². The summed E-state index contributed by atoms with van der Waals surface area (Å²) in [5.74, 6) is 0.0207. The summed E-state index contributed by atoms with van der Waals surface area (Å²) in [4.78, 5) is 22.8. The zero-order chi connectivity index (χ0) is 15.8. The van der Waals surface area contributed by atoms with Crippen LogP contribution in [0.3, 0.4) is 0 Å². The molecule has 22 heavy (non-hydrogen) atoms. The van der Waals surface area contributed by atoms with E-state index in [1.807, 2.05) is 30.3 Å². The molecule has 0 heterocycles. The van der Waals surface area contributed by atoms with Gasteiger partial charge in [0.2, 0.25) is 6.10 Å². The highest BCUT2D eigenvalue weighted by Crippen LogP contribution is 2.22. The van der Waals surface area contributed by atoms with Gasteiger partial charge in [-0.1, -0.05) is 42.5 Å². The number of carbonyl (C=O) groups excluding carboxylic acids is 2. The zero-order valence-electron chi connectivity index (χ0n) is 12.1. The first-order chi connectivity index (χ1) is 10.7. The molecule has 0 N–H and O–H groups in total. The fourth-order valence-corrected chi connectivity index (χ4v) is 1.91. The fourth-order valence-electron chi connectivity index (χ4n) is 1.91. The molecule has 0 bridgehead atoms. The van der Waals surface area contributed by atoms with Gasteiger partial charge in [-0.25, -0.2) is 4.79 Å². The summed E-state index contributed by atoms with van der Waals surface area (Å²) in [6.07, 6.45) is -1.09. The van der Waals surface area contributed by atoms with Crippen LogP contribution < -0.4 is 4.74 Å². The Balaban J connectivity index is 2.05. The van der Waals surface area contributed by atoms with Crippen LogP contribution >= 0.6 is 0 Å². The molecule has 5 heteroatoms. The van der Waals surface area contributed by atoms with E-state index in [-0.39, 0.29) is 13.1 Å². The Labute approximate surface area is 128 Å². The van der Waals surface area contributed by atoms with Crippen molar-refractivity contribution in [1.29, 1.82) is 0 Å². The summed E-state index contributed by atoms with van der Waals surface area (Å²) in [5.41, 5.74) is 1.38. The average Bonchev–Trinajstić information content (AvgIpc) is 2.58. The second kappa shape index (κ2) is 7.83. The summed E-state index contributed by atoms with van der Waals surface area (Å²) < 4.78 is 15.1. The van der Waals surface area contributed by atoms with Crippen LogP contribution in [0, 0.1) is 0 Å². The van der Waals surface area contributed by atoms with Gasteiger partial charge in [0, 0.05) is 5.56 Å². The largest absolute Gasteiger partial charge is 0.497 e. The van der Waals surface area contributed by atoms with Crippen molar-refractivity contribution in [2.45, 2.75) is 12.7 Å². The number of hydrogen-bond donors (Lipinski definition) is 0. The second-order valence-electron chi connectivity index (χ2n) is 4.48. The third-order valence-corrected chi connectivity index (χ3v) is 3.05. The molecule has 1 atom stereocenters. The van der Waals surface area contributed by atoms with Gasteiger partial charge in [-0.2, -0.15) is 0 Å². The maximum absolute atomic E-state index is 12.1. The van der Waals surface area contributed by atoms with Crippen LogP contribution in [0.1, 0.15) is 17.2 Å². The van der Waals surface area contributed by atoms with E-state index in [1.165, 1.54) is 0 Å². The molecule has 0 saturated heterocycles. The van der Waals surface area contributed by atoms with E-state index in [0.717, 1.165) is 5.56 Å². The molecular weight excluding hydrogens is 284 g/mol. The lowest BCUT2D eigenvalue weighted by Gasteiger charge is -2.15. The number of ether oxygens (including phenoxy) is 3. The molecule has 0 fully saturated rings. The van der Waals surface area contributed by atoms with Crippen LogP contribution in [0.15, 0.2) is 54.6 Å². The third kappa shape index (κ3) is 4.09. The van der Waals surface area contributed by atoms with Gasteiger partial charge in [0.15, 0.2) is 0 Å². The smallest absolute Gasteiger partial charge is 0.352 e. The van der Waals surface area contributed by atoms with Crippen molar-refractivity contribution >= 4 is 12.4 Å². The molecular formula is C17H16O5. The van der Waals surface area contributed by atoms with Crippen molar-refractivity contribution in [2.75, 3.05) is 7.11 Å². The van der Waals surface area contributed by atoms with Crippen LogP contribution in [0.25, 0.3) is 0 Å². The van der Waals surface area contributed by atoms with Gasteiger partial charge in [-0.15, -0.1) is 0 Å². The number of benzene rings is 2. The van der Waals surface area contributed by atoms with Gasteiger partial charge in [-0.3, -0.25) is 4.79 Å². The van der Waals surface area contributed by atoms with E-state index in [9.17, 15) is 9.59 Å². The molecule has 0 aliphatic rings. The highest BCUT2D eigenvalue weighted by Gasteiger charge is 2.23. The fraction of sp³-hybridized carbons (Fsp3) is 0.176. The Hall–Kier alpha value is -2.82. The SMILES string of the molecule is COc1ccc(C(OC=O)C(=O)OCc2ccccc2)cc1. The van der Waals surface area contributed by atoms with Crippen LogP contribution in [-0.4, -0.2) is 19.6 Å². The van der Waals surface area contributed by atoms with Crippen molar-refractivity contribution in [3.8, 4) is 5.75 Å². The lowest BCUT2D eigenvalue weighted by Crippen LogP contribution is -2.18. The third-order valence-electron chi connectivity index (χ3n) is 3.05. The highest BCUT2D eigenvalue weighted by atomic mass is 16.6. The Morgan fingerprint density at radius 1 is 1.09 bits per heavy atom. The summed E-state index contributed by atoms with van der Waals surface area (Å²) in [6.45, 7) is 0.354. The number of carbonyl (C=O) groups is 2. The van der Waals surface area contributed by atoms with E-state index in [0.29, 0.717) is 11.3 Å². The van der Waals surface area contributed by atoms with Gasteiger partial charge in [0.25, 0.3) is 6.47 Å². The zero-order valence-corrected chi connectivity index (χ0v) is 12.1. The minimum atomic E-state index is -1.09. The topological polar surface area (TPSA) is 61.8 Å². The summed E-state index contributed by atoms with van der Waals surface area (Å²) in [6, 6.07) is 15.9. The van der Waals surface area contributed by atoms with E-state index < -0.39 is 12.1 Å². The van der Waals surface area contributed by atoms with Gasteiger partial charge in [-0.05, 0) is 17.7 Å². The molecule has 0 amide bonds. The highest BCUT2D eigenvalue weighted by molar-refractivity contribution is 5.77. The van der Waals surface area contributed by atoms with Crippen molar-refractivity contribution in [1.82, 2.24) is 0 Å². The Bertz CT molecular complexity index is 607. The molecule has 0 saturated carbocycles. The molecule has 0 aromatic heterocycles. The molecule has 0 spiro atoms. The van der Waals surface area contributed by atoms with Crippen LogP contribution in [-0.2, 0) is 25.7 Å². The number of esters is 1. The van der Waals surface area contributed by atoms with Gasteiger partial charge < -0.3 is 14.2 Å². The second-order valence-corrected chi connectivity index (χ2v) is 4.48. The van der Waals surface area contributed by atoms with Crippen molar-refractivity contribution < 1.29 is 23.8 Å². The lowest BCUT2D eigenvalue weighted by molar-refractivity contribution is -0.163. The number of hydrogen-bond acceptors (Lipinski definition) is 5. The summed E-state index contributed by atoms with van der Waals surface area (Å²) in [7, 11) is 1.54. The summed E-state index contributed by atoms with van der Waals surface area (Å²) in [5, 5.41) is 0. The standard InChI is InChI=1S/C17H16O5/c1-20-15-9-7-14(8-10-15)16(22-12-18)17(19)21-11-13-5-3-2-4-6-13/h2-10,12,16H,11H2,1H3. The van der Waals surface area contributed by atoms with E-state index in [1.54, 1.807) is 31.4 Å². The minimum absolute atomic E-state index is 0.120. The Morgan fingerprint density at radius 2 is 1.77 bits per heavy atom. The predicted octanol–water partition coefficient (Wildman–Crippen LogP) is 2.65. The van der Waals surface area contributed by atoms with Crippen LogP contribution in [0.5, 0.6) is 5.75 Å². The first-order valence-electron chi connectivity index (χ1n) is 6.68. The number of rotatable bonds is 7. The Kier molecular flexibility index (Phi) is 5.54. The van der Waals surface area contributed by atoms with Gasteiger partial charge >= 0.3 is 5.97 Å². The molecule has 114 valence electrons. The maximum Gasteiger partial charge on any atom is 0.352 e. The quantitative estimate of drug-likeness (QED) is 0.581. The monoisotopic (exact) mass is 300 g/mol. The van der Waals surface area contributed by atoms with Crippen LogP contribution in [0.4, 0.5) is 0 Å². The molecule has 0 aliphatic heterocycles. The molecule has 2 rings (SSSR count). The lowest BCUT2D eigenvalue weighted by atomic mass is 10.1. The van der Waals surface area contributed by atoms with Gasteiger partial charge in [0.05, 0.1) is 7.11 Å². The van der Waals surface area contributed by atoms with E-state index in [4.69, 9.17) is 14.2 Å². The molecule has 0 radical (unpaired) electrons. The van der Waals surface area contributed by atoms with Crippen molar-refractivity contribution in [2.24, 2.45) is 0 Å². The summed E-state index contributed by atoms with van der Waals surface area (Å²) >= 11 is 0.